The Morgan fingerprint density at radius 1 is 1.25 bits per heavy atom. The molecule has 20 heavy (non-hydrogen) atoms. The van der Waals surface area contributed by atoms with Crippen molar-refractivity contribution < 1.29 is 24.2 Å². The first-order valence-corrected chi connectivity index (χ1v) is 5.86. The van der Waals surface area contributed by atoms with Crippen LogP contribution in [0.15, 0.2) is 29.8 Å². The van der Waals surface area contributed by atoms with Gasteiger partial charge in [-0.25, -0.2) is 9.59 Å². The molecule has 0 spiro atoms. The second-order valence-electron chi connectivity index (χ2n) is 4.20. The number of carbonyl (C=O) groups is 2. The minimum absolute atomic E-state index is 0.132. The minimum atomic E-state index is -1.44. The Morgan fingerprint density at radius 2 is 1.85 bits per heavy atom. The molecule has 0 aromatic heterocycles. The summed E-state index contributed by atoms with van der Waals surface area (Å²) in [5.74, 6) is -0.622. The summed E-state index contributed by atoms with van der Waals surface area (Å²) in [5.41, 5.74) is 1.90. The molecule has 0 saturated carbocycles. The van der Waals surface area contributed by atoms with Crippen LogP contribution in [0.3, 0.4) is 0 Å². The lowest BCUT2D eigenvalue weighted by atomic mass is 10.1. The number of methoxy groups -OCH3 is 1. The maximum atomic E-state index is 11.5. The van der Waals surface area contributed by atoms with Gasteiger partial charge in [-0.1, -0.05) is 12.1 Å². The van der Waals surface area contributed by atoms with Crippen LogP contribution >= 0.6 is 0 Å². The predicted molar refractivity (Wildman–Crippen MR) is 74.7 cm³/mol. The van der Waals surface area contributed by atoms with Gasteiger partial charge in [0.2, 0.25) is 0 Å². The molecule has 0 bridgehead atoms. The van der Waals surface area contributed by atoms with Gasteiger partial charge in [-0.3, -0.25) is 0 Å². The van der Waals surface area contributed by atoms with Gasteiger partial charge in [-0.15, -0.1) is 0 Å². The molecule has 108 valence electrons. The van der Waals surface area contributed by atoms with Crippen LogP contribution in [0.2, 0.25) is 0 Å². The number of carboxylic acid groups (broad SMARTS) is 1. The van der Waals surface area contributed by atoms with E-state index in [1.807, 2.05) is 43.3 Å². The number of esters is 1. The molecular formula is C14H17NO5. The number of ether oxygens (including phenoxy) is 2. The van der Waals surface area contributed by atoms with Crippen LogP contribution in [0, 0.1) is 0 Å². The second-order valence-corrected chi connectivity index (χ2v) is 4.20. The average molecular weight is 279 g/mol. The molecule has 0 fully saturated rings. The van der Waals surface area contributed by atoms with Crippen molar-refractivity contribution in [3.8, 4) is 0 Å². The Kier molecular flexibility index (Phi) is 5.58. The van der Waals surface area contributed by atoms with Gasteiger partial charge in [0.15, 0.2) is 0 Å². The lowest BCUT2D eigenvalue weighted by molar-refractivity contribution is -0.136. The molecule has 1 rings (SSSR count). The van der Waals surface area contributed by atoms with Crippen molar-refractivity contribution in [2.24, 2.45) is 0 Å². The molecule has 0 aliphatic carbocycles. The fourth-order valence-electron chi connectivity index (χ4n) is 1.50. The van der Waals surface area contributed by atoms with Crippen LogP contribution in [0.4, 0.5) is 10.5 Å². The van der Waals surface area contributed by atoms with Gasteiger partial charge in [0.1, 0.15) is 6.61 Å². The number of rotatable bonds is 5. The summed E-state index contributed by atoms with van der Waals surface area (Å²) in [7, 11) is 5.07. The lowest BCUT2D eigenvalue weighted by Crippen LogP contribution is -2.13. The second kappa shape index (κ2) is 7.18. The van der Waals surface area contributed by atoms with E-state index in [4.69, 9.17) is 5.11 Å². The van der Waals surface area contributed by atoms with Crippen molar-refractivity contribution in [3.63, 3.8) is 0 Å². The maximum Gasteiger partial charge on any atom is 0.506 e. The number of hydrogen-bond acceptors (Lipinski definition) is 5. The SMILES string of the molecule is COC(=O)/C(=C\c1ccc(N(C)C)cc1)COC(=O)O. The first-order valence-electron chi connectivity index (χ1n) is 5.86. The maximum absolute atomic E-state index is 11.5. The highest BCUT2D eigenvalue weighted by molar-refractivity contribution is 5.94. The van der Waals surface area contributed by atoms with Gasteiger partial charge < -0.3 is 19.5 Å². The van der Waals surface area contributed by atoms with Crippen molar-refractivity contribution in [3.05, 3.63) is 35.4 Å². The molecular weight excluding hydrogens is 262 g/mol. The molecule has 0 radical (unpaired) electrons. The molecule has 0 amide bonds. The van der Waals surface area contributed by atoms with E-state index < -0.39 is 12.1 Å². The molecule has 1 aromatic rings. The highest BCUT2D eigenvalue weighted by Gasteiger charge is 2.12. The fraction of sp³-hybridized carbons (Fsp3) is 0.286. The van der Waals surface area contributed by atoms with Crippen molar-refractivity contribution >= 4 is 23.9 Å². The van der Waals surface area contributed by atoms with Gasteiger partial charge in [0.05, 0.1) is 12.7 Å². The van der Waals surface area contributed by atoms with Crippen molar-refractivity contribution in [2.45, 2.75) is 0 Å². The Morgan fingerprint density at radius 3 is 2.30 bits per heavy atom. The Labute approximate surface area is 117 Å². The zero-order valence-corrected chi connectivity index (χ0v) is 11.6. The smallest absolute Gasteiger partial charge is 0.466 e. The van der Waals surface area contributed by atoms with E-state index in [-0.39, 0.29) is 12.2 Å². The van der Waals surface area contributed by atoms with E-state index >= 15 is 0 Å². The number of nitrogens with zero attached hydrogens (tertiary/aromatic N) is 1. The summed E-state index contributed by atoms with van der Waals surface area (Å²) >= 11 is 0. The van der Waals surface area contributed by atoms with Gasteiger partial charge in [0.25, 0.3) is 0 Å². The molecule has 1 N–H and O–H groups in total. The van der Waals surface area contributed by atoms with Crippen LogP contribution < -0.4 is 4.90 Å². The number of hydrogen-bond donors (Lipinski definition) is 1. The summed E-state index contributed by atoms with van der Waals surface area (Å²) in [5, 5.41) is 8.47. The molecule has 6 nitrogen and oxygen atoms in total. The van der Waals surface area contributed by atoms with Gasteiger partial charge in [0, 0.05) is 19.8 Å². The van der Waals surface area contributed by atoms with Crippen LogP contribution in [0.5, 0.6) is 0 Å². The minimum Gasteiger partial charge on any atom is -0.466 e. The summed E-state index contributed by atoms with van der Waals surface area (Å²) in [6.45, 7) is -0.350. The first kappa shape index (κ1) is 15.6. The summed E-state index contributed by atoms with van der Waals surface area (Å²) < 4.78 is 8.99. The van der Waals surface area contributed by atoms with Crippen molar-refractivity contribution in [1.82, 2.24) is 0 Å². The Balaban J connectivity index is 2.93. The highest BCUT2D eigenvalue weighted by Crippen LogP contribution is 2.15. The molecule has 0 atom stereocenters. The molecule has 1 aromatic carbocycles. The van der Waals surface area contributed by atoms with Crippen molar-refractivity contribution in [1.29, 1.82) is 0 Å². The normalized spacial score (nSPS) is 10.8. The van der Waals surface area contributed by atoms with E-state index in [0.29, 0.717) is 0 Å². The van der Waals surface area contributed by atoms with E-state index in [0.717, 1.165) is 11.3 Å². The van der Waals surface area contributed by atoms with Gasteiger partial charge >= 0.3 is 12.1 Å². The molecule has 0 aliphatic rings. The number of benzene rings is 1. The van der Waals surface area contributed by atoms with Crippen LogP contribution in [0.25, 0.3) is 6.08 Å². The van der Waals surface area contributed by atoms with Gasteiger partial charge in [-0.2, -0.15) is 0 Å². The standard InChI is InChI=1S/C14H17NO5/c1-15(2)12-6-4-10(5-7-12)8-11(13(16)19-3)9-20-14(17)18/h4-8H,9H2,1-3H3,(H,17,18)/b11-8-. The van der Waals surface area contributed by atoms with E-state index in [9.17, 15) is 9.59 Å². The Bertz CT molecular complexity index is 505. The Hall–Kier alpha value is -2.50. The molecule has 0 heterocycles. The van der Waals surface area contributed by atoms with E-state index in [1.165, 1.54) is 13.2 Å². The molecule has 6 heteroatoms. The predicted octanol–water partition coefficient (Wildman–Crippen LogP) is 2.00. The molecule has 0 saturated heterocycles. The van der Waals surface area contributed by atoms with Crippen molar-refractivity contribution in [2.75, 3.05) is 32.7 Å². The van der Waals surface area contributed by atoms with E-state index in [1.54, 1.807) is 0 Å². The zero-order valence-electron chi connectivity index (χ0n) is 11.6. The molecule has 0 unspecified atom stereocenters. The number of anilines is 1. The monoisotopic (exact) mass is 279 g/mol. The lowest BCUT2D eigenvalue weighted by Gasteiger charge is -2.12. The zero-order chi connectivity index (χ0) is 15.1. The third-order valence-corrected chi connectivity index (χ3v) is 2.55. The largest absolute Gasteiger partial charge is 0.506 e. The van der Waals surface area contributed by atoms with Gasteiger partial charge in [-0.05, 0) is 23.8 Å². The van der Waals surface area contributed by atoms with E-state index in [2.05, 4.69) is 9.47 Å². The fourth-order valence-corrected chi connectivity index (χ4v) is 1.50. The van der Waals surface area contributed by atoms with Crippen LogP contribution in [-0.4, -0.2) is 45.0 Å². The summed E-state index contributed by atoms with van der Waals surface area (Å²) in [4.78, 5) is 23.9. The third kappa shape index (κ3) is 4.64. The topological polar surface area (TPSA) is 76.1 Å². The van der Waals surface area contributed by atoms with Crippen LogP contribution in [-0.2, 0) is 14.3 Å². The average Bonchev–Trinajstić information content (AvgIpc) is 2.42. The van der Waals surface area contributed by atoms with Crippen LogP contribution in [0.1, 0.15) is 5.56 Å². The quantitative estimate of drug-likeness (QED) is 0.656. The summed E-state index contributed by atoms with van der Waals surface area (Å²) in [6.07, 6.45) is 0.0940. The first-order chi connectivity index (χ1) is 9.43. The third-order valence-electron chi connectivity index (χ3n) is 2.55. The summed E-state index contributed by atoms with van der Waals surface area (Å²) in [6, 6.07) is 7.41. The molecule has 0 aliphatic heterocycles. The highest BCUT2D eigenvalue weighted by atomic mass is 16.7. The number of carbonyl (C=O) groups excluding carboxylic acids is 1.